The molecule has 10 nitrogen and oxygen atoms in total. The second-order valence-corrected chi connectivity index (χ2v) is 10.7. The number of carbonyl (C=O) groups is 4. The molecule has 2 aliphatic heterocycles. The number of halogens is 4. The monoisotopic (exact) mass is 593 g/mol. The molecule has 2 aromatic rings. The molecule has 42 heavy (non-hydrogen) atoms. The lowest BCUT2D eigenvalue weighted by molar-refractivity contribution is -0.143. The van der Waals surface area contributed by atoms with Crippen LogP contribution in [0.4, 0.5) is 17.6 Å². The maximum Gasteiger partial charge on any atom is 0.267 e. The molecule has 4 amide bonds. The number of rotatable bonds is 9. The second-order valence-electron chi connectivity index (χ2n) is 10.7. The van der Waals surface area contributed by atoms with Gasteiger partial charge in [-0.1, -0.05) is 42.5 Å². The highest BCUT2D eigenvalue weighted by Crippen LogP contribution is 2.34. The summed E-state index contributed by atoms with van der Waals surface area (Å²) in [6.45, 7) is -2.20. The van der Waals surface area contributed by atoms with Crippen molar-refractivity contribution in [3.8, 4) is 5.75 Å². The standard InChI is InChI=1S/C28H31F4N5O5/c29-27(30)12-21(23(34)39)36(14-27)26(42)20(11-16-4-2-1-3-5-16)35-24(40)22-13-28(31,32)15-37(22)25(41)19(33)10-17-6-8-18(38)9-7-17/h1-9,19-22,38H,10-15,33H2,(H2,34,39)(H,35,40)/t19-,20-,21-,22+/m0/s1. The smallest absolute Gasteiger partial charge is 0.267 e. The van der Waals surface area contributed by atoms with E-state index in [9.17, 15) is 41.8 Å². The van der Waals surface area contributed by atoms with Gasteiger partial charge < -0.3 is 31.7 Å². The van der Waals surface area contributed by atoms with Gasteiger partial charge in [0, 0.05) is 19.3 Å². The van der Waals surface area contributed by atoms with Crippen LogP contribution < -0.4 is 16.8 Å². The van der Waals surface area contributed by atoms with Crippen LogP contribution in [0.25, 0.3) is 0 Å². The lowest BCUT2D eigenvalue weighted by Gasteiger charge is -2.30. The van der Waals surface area contributed by atoms with E-state index in [2.05, 4.69) is 5.32 Å². The molecule has 0 unspecified atom stereocenters. The van der Waals surface area contributed by atoms with Crippen LogP contribution >= 0.6 is 0 Å². The molecule has 2 aliphatic rings. The number of likely N-dealkylation sites (tertiary alicyclic amines) is 2. The molecule has 0 bridgehead atoms. The van der Waals surface area contributed by atoms with Crippen molar-refractivity contribution < 1.29 is 41.8 Å². The SMILES string of the molecule is NC(=O)[C@@H]1CC(F)(F)CN1C(=O)[C@H](Cc1ccccc1)NC(=O)[C@H]1CC(F)(F)CN1C(=O)[C@@H](N)Cc1ccc(O)cc1. The predicted molar refractivity (Wildman–Crippen MR) is 141 cm³/mol. The summed E-state index contributed by atoms with van der Waals surface area (Å²) >= 11 is 0. The van der Waals surface area contributed by atoms with Crippen molar-refractivity contribution >= 4 is 23.6 Å². The maximum absolute atomic E-state index is 14.6. The highest BCUT2D eigenvalue weighted by atomic mass is 19.3. The topological polar surface area (TPSA) is 159 Å². The molecule has 2 fully saturated rings. The van der Waals surface area contributed by atoms with Crippen molar-refractivity contribution in [2.45, 2.75) is 61.7 Å². The summed E-state index contributed by atoms with van der Waals surface area (Å²) in [7, 11) is 0. The zero-order valence-corrected chi connectivity index (χ0v) is 22.4. The molecule has 2 saturated heterocycles. The van der Waals surface area contributed by atoms with Crippen molar-refractivity contribution in [2.75, 3.05) is 13.1 Å². The van der Waals surface area contributed by atoms with Gasteiger partial charge in [-0.2, -0.15) is 0 Å². The van der Waals surface area contributed by atoms with Crippen molar-refractivity contribution in [1.82, 2.24) is 15.1 Å². The van der Waals surface area contributed by atoms with Gasteiger partial charge in [0.15, 0.2) is 0 Å². The van der Waals surface area contributed by atoms with Gasteiger partial charge in [-0.3, -0.25) is 19.2 Å². The van der Waals surface area contributed by atoms with Gasteiger partial charge in [-0.15, -0.1) is 0 Å². The van der Waals surface area contributed by atoms with Crippen LogP contribution in [0.1, 0.15) is 24.0 Å². The first-order valence-electron chi connectivity index (χ1n) is 13.2. The normalized spacial score (nSPS) is 22.4. The van der Waals surface area contributed by atoms with E-state index >= 15 is 0 Å². The number of aromatic hydroxyl groups is 1. The molecule has 0 spiro atoms. The number of phenols is 1. The summed E-state index contributed by atoms with van der Waals surface area (Å²) < 4.78 is 57.5. The van der Waals surface area contributed by atoms with E-state index < -0.39 is 85.6 Å². The highest BCUT2D eigenvalue weighted by Gasteiger charge is 2.53. The summed E-state index contributed by atoms with van der Waals surface area (Å²) in [4.78, 5) is 53.2. The van der Waals surface area contributed by atoms with E-state index in [1.165, 1.54) is 24.3 Å². The van der Waals surface area contributed by atoms with Crippen molar-refractivity contribution in [3.63, 3.8) is 0 Å². The Morgan fingerprint density at radius 2 is 1.36 bits per heavy atom. The first-order valence-corrected chi connectivity index (χ1v) is 13.2. The summed E-state index contributed by atoms with van der Waals surface area (Å²) in [5.41, 5.74) is 12.3. The average Bonchev–Trinajstić information content (AvgIpc) is 3.44. The summed E-state index contributed by atoms with van der Waals surface area (Å²) in [6, 6.07) is 7.77. The number of hydrogen-bond donors (Lipinski definition) is 4. The van der Waals surface area contributed by atoms with E-state index in [1.807, 2.05) is 0 Å². The number of phenolic OH excluding ortho intramolecular Hbond substituents is 1. The molecule has 0 radical (unpaired) electrons. The summed E-state index contributed by atoms with van der Waals surface area (Å²) in [5.74, 6) is -11.1. The molecule has 0 saturated carbocycles. The Bertz CT molecular complexity index is 1330. The number of nitrogens with two attached hydrogens (primary N) is 2. The molecular weight excluding hydrogens is 562 g/mol. The Labute approximate surface area is 238 Å². The van der Waals surface area contributed by atoms with Crippen molar-refractivity contribution in [1.29, 1.82) is 0 Å². The number of carbonyl (C=O) groups excluding carboxylic acids is 4. The number of hydrogen-bond acceptors (Lipinski definition) is 6. The summed E-state index contributed by atoms with van der Waals surface area (Å²) in [5, 5.41) is 11.8. The van der Waals surface area contributed by atoms with Crippen LogP contribution in [0.15, 0.2) is 54.6 Å². The molecule has 2 aromatic carbocycles. The minimum atomic E-state index is -3.44. The van der Waals surface area contributed by atoms with Gasteiger partial charge in [0.25, 0.3) is 11.8 Å². The molecule has 0 aliphatic carbocycles. The third-order valence-electron chi connectivity index (χ3n) is 7.34. The molecule has 14 heteroatoms. The number of amides is 4. The number of primary amides is 1. The Morgan fingerprint density at radius 1 is 0.833 bits per heavy atom. The first kappa shape index (κ1) is 30.8. The van der Waals surface area contributed by atoms with E-state index in [-0.39, 0.29) is 18.6 Å². The highest BCUT2D eigenvalue weighted by molar-refractivity contribution is 5.95. The summed E-state index contributed by atoms with van der Waals surface area (Å²) in [6.07, 6.45) is -2.32. The van der Waals surface area contributed by atoms with Crippen LogP contribution in [0.2, 0.25) is 0 Å². The Kier molecular flexibility index (Phi) is 8.76. The van der Waals surface area contributed by atoms with Gasteiger partial charge in [0.1, 0.15) is 23.9 Å². The molecule has 6 N–H and O–H groups in total. The zero-order valence-electron chi connectivity index (χ0n) is 22.4. The largest absolute Gasteiger partial charge is 0.508 e. The third kappa shape index (κ3) is 7.16. The van der Waals surface area contributed by atoms with Crippen molar-refractivity contribution in [3.05, 3.63) is 65.7 Å². The first-order chi connectivity index (χ1) is 19.7. The average molecular weight is 594 g/mol. The predicted octanol–water partition coefficient (Wildman–Crippen LogP) is 0.947. The van der Waals surface area contributed by atoms with Gasteiger partial charge in [-0.25, -0.2) is 17.6 Å². The maximum atomic E-state index is 14.6. The molecule has 2 heterocycles. The minimum Gasteiger partial charge on any atom is -0.508 e. The lowest BCUT2D eigenvalue weighted by atomic mass is 10.0. The lowest BCUT2D eigenvalue weighted by Crippen LogP contribution is -2.57. The molecular formula is C28H31F4N5O5. The van der Waals surface area contributed by atoms with Gasteiger partial charge in [-0.05, 0) is 29.7 Å². The van der Waals surface area contributed by atoms with E-state index in [0.29, 0.717) is 20.9 Å². The fraction of sp³-hybridized carbons (Fsp3) is 0.429. The Balaban J connectivity index is 1.56. The van der Waals surface area contributed by atoms with Crippen LogP contribution in [0.5, 0.6) is 5.75 Å². The van der Waals surface area contributed by atoms with Crippen LogP contribution in [0, 0.1) is 0 Å². The molecule has 4 rings (SSSR count). The van der Waals surface area contributed by atoms with Gasteiger partial charge >= 0.3 is 0 Å². The van der Waals surface area contributed by atoms with E-state index in [1.54, 1.807) is 30.3 Å². The number of benzene rings is 2. The van der Waals surface area contributed by atoms with E-state index in [0.717, 1.165) is 0 Å². The van der Waals surface area contributed by atoms with Crippen LogP contribution in [-0.2, 0) is 32.0 Å². The van der Waals surface area contributed by atoms with Crippen molar-refractivity contribution in [2.24, 2.45) is 11.5 Å². The fourth-order valence-electron chi connectivity index (χ4n) is 5.29. The minimum absolute atomic E-state index is 0.0195. The van der Waals surface area contributed by atoms with E-state index in [4.69, 9.17) is 11.5 Å². The number of nitrogens with one attached hydrogen (secondary N) is 1. The second kappa shape index (κ2) is 12.0. The third-order valence-corrected chi connectivity index (χ3v) is 7.34. The number of nitrogens with zero attached hydrogens (tertiary/aromatic N) is 2. The fourth-order valence-corrected chi connectivity index (χ4v) is 5.29. The Hall–Kier alpha value is -4.20. The Morgan fingerprint density at radius 3 is 1.93 bits per heavy atom. The van der Waals surface area contributed by atoms with Crippen LogP contribution in [0.3, 0.4) is 0 Å². The molecule has 4 atom stereocenters. The van der Waals surface area contributed by atoms with Gasteiger partial charge in [0.05, 0.1) is 19.1 Å². The molecule has 0 aromatic heterocycles. The number of alkyl halides is 4. The zero-order chi connectivity index (χ0) is 30.8. The molecule has 226 valence electrons. The quantitative estimate of drug-likeness (QED) is 0.317. The van der Waals surface area contributed by atoms with Gasteiger partial charge in [0.2, 0.25) is 23.6 Å². The van der Waals surface area contributed by atoms with Crippen LogP contribution in [-0.4, -0.2) is 87.6 Å².